The molecular formula is C30H46N4O6. The van der Waals surface area contributed by atoms with Crippen LogP contribution in [0, 0.1) is 17.3 Å². The number of hydrogen-bond donors (Lipinski definition) is 2. The van der Waals surface area contributed by atoms with E-state index in [0.717, 1.165) is 25.7 Å². The Bertz CT molecular complexity index is 1010. The molecule has 3 rings (SSSR count). The van der Waals surface area contributed by atoms with Crippen molar-refractivity contribution < 1.29 is 29.1 Å². The van der Waals surface area contributed by atoms with Crippen LogP contribution in [0.15, 0.2) is 24.3 Å². The number of carbonyl (C=O) groups excluding carboxylic acids is 4. The molecule has 1 aliphatic carbocycles. The maximum absolute atomic E-state index is 13.7. The number of ether oxygens (including phenoxy) is 1. The van der Waals surface area contributed by atoms with Gasteiger partial charge in [0.15, 0.2) is 0 Å². The van der Waals surface area contributed by atoms with Crippen LogP contribution in [0.25, 0.3) is 0 Å². The van der Waals surface area contributed by atoms with Gasteiger partial charge in [0.2, 0.25) is 18.2 Å². The summed E-state index contributed by atoms with van der Waals surface area (Å²) in [7, 11) is 3.42. The summed E-state index contributed by atoms with van der Waals surface area (Å²) in [6.45, 7) is 6.68. The zero-order valence-electron chi connectivity index (χ0n) is 24.6. The van der Waals surface area contributed by atoms with Crippen molar-refractivity contribution in [3.8, 4) is 5.75 Å². The van der Waals surface area contributed by atoms with Gasteiger partial charge in [0.1, 0.15) is 17.9 Å². The van der Waals surface area contributed by atoms with Gasteiger partial charge >= 0.3 is 0 Å². The first-order chi connectivity index (χ1) is 18.9. The van der Waals surface area contributed by atoms with Crippen LogP contribution in [0.2, 0.25) is 0 Å². The number of nitrogens with zero attached hydrogens (tertiary/aromatic N) is 3. The van der Waals surface area contributed by atoms with Gasteiger partial charge in [-0.2, -0.15) is 0 Å². The lowest BCUT2D eigenvalue weighted by Gasteiger charge is -2.39. The highest BCUT2D eigenvalue weighted by atomic mass is 16.5. The first-order valence-electron chi connectivity index (χ1n) is 14.4. The van der Waals surface area contributed by atoms with Gasteiger partial charge in [-0.3, -0.25) is 24.4 Å². The van der Waals surface area contributed by atoms with E-state index in [0.29, 0.717) is 61.1 Å². The third-order valence-electron chi connectivity index (χ3n) is 7.96. The predicted molar refractivity (Wildman–Crippen MR) is 151 cm³/mol. The number of hydrogen-bond acceptors (Lipinski definition) is 6. The third kappa shape index (κ3) is 8.68. The molecule has 1 aliphatic heterocycles. The van der Waals surface area contributed by atoms with Gasteiger partial charge in [-0.15, -0.1) is 0 Å². The quantitative estimate of drug-likeness (QED) is 0.244. The van der Waals surface area contributed by atoms with E-state index in [1.165, 1.54) is 4.90 Å². The van der Waals surface area contributed by atoms with Gasteiger partial charge < -0.3 is 19.9 Å². The molecule has 2 fully saturated rings. The van der Waals surface area contributed by atoms with Crippen molar-refractivity contribution in [2.75, 3.05) is 33.7 Å². The molecule has 2 atom stereocenters. The molecule has 10 nitrogen and oxygen atoms in total. The minimum Gasteiger partial charge on any atom is -0.490 e. The van der Waals surface area contributed by atoms with Crippen LogP contribution < -0.4 is 10.1 Å². The molecular weight excluding hydrogens is 512 g/mol. The largest absolute Gasteiger partial charge is 0.490 e. The molecule has 2 aliphatic rings. The second-order valence-electron chi connectivity index (χ2n) is 12.5. The molecule has 0 aromatic heterocycles. The van der Waals surface area contributed by atoms with Gasteiger partial charge in [-0.1, -0.05) is 46.5 Å². The maximum Gasteiger partial charge on any atom is 0.253 e. The van der Waals surface area contributed by atoms with E-state index in [1.54, 1.807) is 43.3 Å². The lowest BCUT2D eigenvalue weighted by atomic mass is 9.84. The average Bonchev–Trinajstić information content (AvgIpc) is 3.43. The fourth-order valence-electron chi connectivity index (χ4n) is 5.59. The van der Waals surface area contributed by atoms with E-state index in [2.05, 4.69) is 5.32 Å². The molecule has 40 heavy (non-hydrogen) atoms. The van der Waals surface area contributed by atoms with E-state index in [-0.39, 0.29) is 30.4 Å². The monoisotopic (exact) mass is 558 g/mol. The van der Waals surface area contributed by atoms with Gasteiger partial charge in [0.25, 0.3) is 5.91 Å². The van der Waals surface area contributed by atoms with E-state index in [4.69, 9.17) is 4.74 Å². The number of nitrogens with one attached hydrogen (secondary N) is 1. The number of likely N-dealkylation sites (tertiary alicyclic amines) is 1. The summed E-state index contributed by atoms with van der Waals surface area (Å²) in [5.74, 6) is -0.0439. The average molecular weight is 559 g/mol. The Morgan fingerprint density at radius 3 is 2.20 bits per heavy atom. The summed E-state index contributed by atoms with van der Waals surface area (Å²) in [5, 5.41) is 13.3. The highest BCUT2D eigenvalue weighted by molar-refractivity contribution is 5.94. The summed E-state index contributed by atoms with van der Waals surface area (Å²) >= 11 is 0. The Morgan fingerprint density at radius 2 is 1.68 bits per heavy atom. The molecule has 2 N–H and O–H groups in total. The molecule has 0 bridgehead atoms. The fourth-order valence-corrected chi connectivity index (χ4v) is 5.59. The molecule has 0 spiro atoms. The highest BCUT2D eigenvalue weighted by Crippen LogP contribution is 2.31. The Balaban J connectivity index is 1.59. The van der Waals surface area contributed by atoms with Crippen molar-refractivity contribution in [3.05, 3.63) is 29.8 Å². The van der Waals surface area contributed by atoms with E-state index in [1.807, 2.05) is 20.8 Å². The summed E-state index contributed by atoms with van der Waals surface area (Å²) in [6, 6.07) is 6.34. The zero-order valence-corrected chi connectivity index (χ0v) is 24.6. The van der Waals surface area contributed by atoms with Crippen LogP contribution in [-0.4, -0.2) is 90.1 Å². The van der Waals surface area contributed by atoms with Gasteiger partial charge in [0, 0.05) is 45.6 Å². The molecule has 0 radical (unpaired) electrons. The van der Waals surface area contributed by atoms with E-state index in [9.17, 15) is 24.4 Å². The predicted octanol–water partition coefficient (Wildman–Crippen LogP) is 3.33. The van der Waals surface area contributed by atoms with Crippen LogP contribution in [0.1, 0.15) is 76.1 Å². The smallest absolute Gasteiger partial charge is 0.253 e. The summed E-state index contributed by atoms with van der Waals surface area (Å²) in [6.07, 6.45) is 6.45. The normalized spacial score (nSPS) is 18.1. The van der Waals surface area contributed by atoms with Crippen molar-refractivity contribution >= 4 is 24.1 Å². The van der Waals surface area contributed by atoms with Crippen LogP contribution in [0.4, 0.5) is 0 Å². The number of rotatable bonds is 11. The van der Waals surface area contributed by atoms with Gasteiger partial charge in [-0.05, 0) is 42.0 Å². The number of benzene rings is 1. The number of piperidine rings is 1. The van der Waals surface area contributed by atoms with Crippen molar-refractivity contribution in [2.45, 2.75) is 77.9 Å². The molecule has 1 heterocycles. The molecule has 10 heteroatoms. The lowest BCUT2D eigenvalue weighted by Crippen LogP contribution is -2.58. The van der Waals surface area contributed by atoms with Crippen molar-refractivity contribution in [1.82, 2.24) is 20.2 Å². The summed E-state index contributed by atoms with van der Waals surface area (Å²) in [4.78, 5) is 53.6. The van der Waals surface area contributed by atoms with Crippen molar-refractivity contribution in [1.29, 1.82) is 0 Å². The highest BCUT2D eigenvalue weighted by Gasteiger charge is 2.39. The Morgan fingerprint density at radius 1 is 1.07 bits per heavy atom. The second-order valence-corrected chi connectivity index (χ2v) is 12.5. The lowest BCUT2D eigenvalue weighted by molar-refractivity contribution is -0.156. The van der Waals surface area contributed by atoms with Crippen LogP contribution >= 0.6 is 0 Å². The molecule has 1 aromatic carbocycles. The van der Waals surface area contributed by atoms with Crippen LogP contribution in [-0.2, 0) is 14.4 Å². The Kier molecular flexibility index (Phi) is 11.0. The molecule has 1 unspecified atom stereocenters. The standard InChI is InChI=1S/C30H46N4O6/c1-30(2,3)26(31-27(36)23(19-34(39)20-35)18-21-8-6-7-9-21)29(38)33-16-14-25(15-17-33)40-24-12-10-22(11-13-24)28(37)32(4)5/h10-13,20-21,23,25-26,39H,6-9,14-19H2,1-5H3,(H,31,36)/t23-,26?/m1/s1. The number of hydroxylamine groups is 2. The molecule has 1 saturated carbocycles. The van der Waals surface area contributed by atoms with Crippen molar-refractivity contribution in [2.24, 2.45) is 17.3 Å². The van der Waals surface area contributed by atoms with Crippen LogP contribution in [0.5, 0.6) is 5.75 Å². The van der Waals surface area contributed by atoms with E-state index < -0.39 is 17.4 Å². The van der Waals surface area contributed by atoms with Crippen molar-refractivity contribution in [3.63, 3.8) is 0 Å². The molecule has 1 saturated heterocycles. The van der Waals surface area contributed by atoms with Gasteiger partial charge in [-0.25, -0.2) is 5.06 Å². The first-order valence-corrected chi connectivity index (χ1v) is 14.4. The number of amides is 4. The Hall–Kier alpha value is -3.14. The number of carbonyl (C=O) groups is 4. The SMILES string of the molecule is CN(C)C(=O)c1ccc(OC2CCN(C(=O)C(NC(=O)[C@H](CC3CCCC3)CN(O)C=O)C(C)(C)C)CC2)cc1. The third-order valence-corrected chi connectivity index (χ3v) is 7.96. The zero-order chi connectivity index (χ0) is 29.4. The van der Waals surface area contributed by atoms with Gasteiger partial charge in [0.05, 0.1) is 12.5 Å². The van der Waals surface area contributed by atoms with Crippen LogP contribution in [0.3, 0.4) is 0 Å². The molecule has 222 valence electrons. The Labute approximate surface area is 238 Å². The maximum atomic E-state index is 13.7. The molecule has 4 amide bonds. The second kappa shape index (κ2) is 14.0. The first kappa shape index (κ1) is 31.4. The summed E-state index contributed by atoms with van der Waals surface area (Å²) < 4.78 is 6.12. The topological polar surface area (TPSA) is 119 Å². The minimum atomic E-state index is -0.742. The van der Waals surface area contributed by atoms with E-state index >= 15 is 0 Å². The minimum absolute atomic E-state index is 0.0585. The summed E-state index contributed by atoms with van der Waals surface area (Å²) in [5.41, 5.74) is 0.0594. The molecule has 1 aromatic rings. The fraction of sp³-hybridized carbons (Fsp3) is 0.667.